The van der Waals surface area contributed by atoms with E-state index in [2.05, 4.69) is 6.92 Å². The number of carboxylic acid groups (broad SMARTS) is 1. The number of carbonyl (C=O) groups is 1. The SMILES string of the molecule is C[C@]12C[C@@H]3CCC1[C@@](CN)(CC(=O)O)[C@H]2C3. The summed E-state index contributed by atoms with van der Waals surface area (Å²) >= 11 is 0. The van der Waals surface area contributed by atoms with Gasteiger partial charge in [-0.3, -0.25) is 4.79 Å². The summed E-state index contributed by atoms with van der Waals surface area (Å²) in [4.78, 5) is 11.1. The predicted molar refractivity (Wildman–Crippen MR) is 60.8 cm³/mol. The van der Waals surface area contributed by atoms with Crippen LogP contribution in [-0.2, 0) is 4.79 Å². The zero-order valence-corrected chi connectivity index (χ0v) is 9.91. The molecule has 3 N–H and O–H groups in total. The van der Waals surface area contributed by atoms with Gasteiger partial charge in [0.1, 0.15) is 0 Å². The van der Waals surface area contributed by atoms with E-state index in [1.807, 2.05) is 0 Å². The fraction of sp³-hybridized carbons (Fsp3) is 0.923. The Morgan fingerprint density at radius 3 is 2.81 bits per heavy atom. The first-order chi connectivity index (χ1) is 7.53. The standard InChI is InChI=1S/C13H21NO2/c1-12-5-8-2-3-9(12)13(7-14,6-11(15)16)10(12)4-8/h8-10H,2-7,14H2,1H3,(H,15,16)/t8-,9?,10+,12+,13+/m1/s1. The Kier molecular flexibility index (Phi) is 1.99. The highest BCUT2D eigenvalue weighted by atomic mass is 16.4. The summed E-state index contributed by atoms with van der Waals surface area (Å²) in [5.74, 6) is 1.35. The molecule has 3 aliphatic rings. The molecule has 0 radical (unpaired) electrons. The molecule has 3 saturated carbocycles. The van der Waals surface area contributed by atoms with E-state index in [4.69, 9.17) is 10.8 Å². The van der Waals surface area contributed by atoms with Crippen molar-refractivity contribution in [2.75, 3.05) is 6.54 Å². The van der Waals surface area contributed by atoms with Crippen LogP contribution >= 0.6 is 0 Å². The normalized spacial score (nSPS) is 53.5. The molecule has 0 aromatic heterocycles. The molecule has 16 heavy (non-hydrogen) atoms. The van der Waals surface area contributed by atoms with Crippen LogP contribution in [0.25, 0.3) is 0 Å². The second-order valence-corrected chi connectivity index (χ2v) is 6.50. The monoisotopic (exact) mass is 223 g/mol. The van der Waals surface area contributed by atoms with Crippen molar-refractivity contribution in [3.8, 4) is 0 Å². The van der Waals surface area contributed by atoms with Crippen molar-refractivity contribution in [1.82, 2.24) is 0 Å². The lowest BCUT2D eigenvalue weighted by Crippen LogP contribution is -2.64. The van der Waals surface area contributed by atoms with Crippen molar-refractivity contribution in [3.63, 3.8) is 0 Å². The Morgan fingerprint density at radius 1 is 1.44 bits per heavy atom. The van der Waals surface area contributed by atoms with Gasteiger partial charge in [-0.2, -0.15) is 0 Å². The van der Waals surface area contributed by atoms with E-state index in [1.54, 1.807) is 0 Å². The molecule has 2 bridgehead atoms. The molecule has 1 unspecified atom stereocenters. The third-order valence-electron chi connectivity index (χ3n) is 6.00. The fourth-order valence-corrected chi connectivity index (χ4v) is 5.65. The molecule has 0 saturated heterocycles. The Labute approximate surface area is 96.4 Å². The molecule has 3 fully saturated rings. The van der Waals surface area contributed by atoms with Crippen LogP contribution in [0.2, 0.25) is 0 Å². The van der Waals surface area contributed by atoms with Gasteiger partial charge >= 0.3 is 5.97 Å². The Bertz CT molecular complexity index is 333. The summed E-state index contributed by atoms with van der Waals surface area (Å²) < 4.78 is 0. The first kappa shape index (κ1) is 10.6. The molecule has 0 aromatic carbocycles. The second-order valence-electron chi connectivity index (χ2n) is 6.50. The summed E-state index contributed by atoms with van der Waals surface area (Å²) in [6, 6.07) is 0. The van der Waals surface area contributed by atoms with Crippen molar-refractivity contribution >= 4 is 5.97 Å². The van der Waals surface area contributed by atoms with Gasteiger partial charge in [0.15, 0.2) is 0 Å². The van der Waals surface area contributed by atoms with Crippen molar-refractivity contribution < 1.29 is 9.90 Å². The number of rotatable bonds is 3. The number of hydrogen-bond donors (Lipinski definition) is 2. The van der Waals surface area contributed by atoms with Gasteiger partial charge in [0.25, 0.3) is 0 Å². The van der Waals surface area contributed by atoms with Crippen LogP contribution in [0.5, 0.6) is 0 Å². The topological polar surface area (TPSA) is 63.3 Å². The van der Waals surface area contributed by atoms with Crippen LogP contribution in [-0.4, -0.2) is 17.6 Å². The summed E-state index contributed by atoms with van der Waals surface area (Å²) in [5, 5.41) is 9.12. The molecule has 90 valence electrons. The molecule has 0 amide bonds. The van der Waals surface area contributed by atoms with E-state index in [9.17, 15) is 4.79 Å². The first-order valence-electron chi connectivity index (χ1n) is 6.45. The molecular weight excluding hydrogens is 202 g/mol. The maximum absolute atomic E-state index is 11.1. The van der Waals surface area contributed by atoms with Crippen molar-refractivity contribution in [3.05, 3.63) is 0 Å². The third kappa shape index (κ3) is 1.01. The lowest BCUT2D eigenvalue weighted by Gasteiger charge is -2.66. The number of carboxylic acids is 1. The molecule has 3 heteroatoms. The minimum absolute atomic E-state index is 0.0637. The lowest BCUT2D eigenvalue weighted by atomic mass is 9.38. The fourth-order valence-electron chi connectivity index (χ4n) is 5.65. The van der Waals surface area contributed by atoms with E-state index in [1.165, 1.54) is 25.7 Å². The van der Waals surface area contributed by atoms with E-state index in [0.717, 1.165) is 5.92 Å². The van der Waals surface area contributed by atoms with Crippen LogP contribution in [0.15, 0.2) is 0 Å². The molecule has 0 spiro atoms. The molecule has 0 aliphatic heterocycles. The number of aliphatic carboxylic acids is 1. The van der Waals surface area contributed by atoms with Gasteiger partial charge in [-0.25, -0.2) is 0 Å². The van der Waals surface area contributed by atoms with Gasteiger partial charge in [-0.15, -0.1) is 0 Å². The lowest BCUT2D eigenvalue weighted by molar-refractivity contribution is -0.189. The summed E-state index contributed by atoms with van der Waals surface area (Å²) in [6.07, 6.45) is 5.36. The molecule has 3 nitrogen and oxygen atoms in total. The quantitative estimate of drug-likeness (QED) is 0.767. The van der Waals surface area contributed by atoms with E-state index < -0.39 is 5.97 Å². The van der Waals surface area contributed by atoms with Crippen molar-refractivity contribution in [2.24, 2.45) is 34.3 Å². The van der Waals surface area contributed by atoms with Crippen LogP contribution in [0.1, 0.15) is 39.0 Å². The van der Waals surface area contributed by atoms with E-state index in [0.29, 0.717) is 30.2 Å². The molecule has 5 atom stereocenters. The van der Waals surface area contributed by atoms with Gasteiger partial charge in [-0.1, -0.05) is 13.3 Å². The minimum atomic E-state index is -0.664. The van der Waals surface area contributed by atoms with Gasteiger partial charge in [0.05, 0.1) is 6.42 Å². The van der Waals surface area contributed by atoms with Gasteiger partial charge in [0, 0.05) is 0 Å². The highest BCUT2D eigenvalue weighted by Gasteiger charge is 2.72. The maximum Gasteiger partial charge on any atom is 0.303 e. The molecular formula is C13H21NO2. The minimum Gasteiger partial charge on any atom is -0.481 e. The number of fused-ring (bicyclic) bond motifs is 1. The Morgan fingerprint density at radius 2 is 2.19 bits per heavy atom. The molecule has 0 aromatic rings. The first-order valence-corrected chi connectivity index (χ1v) is 6.45. The molecule has 3 aliphatic carbocycles. The zero-order chi connectivity index (χ0) is 11.6. The molecule has 3 rings (SSSR count). The van der Waals surface area contributed by atoms with E-state index >= 15 is 0 Å². The average molecular weight is 223 g/mol. The van der Waals surface area contributed by atoms with E-state index in [-0.39, 0.29) is 5.41 Å². The zero-order valence-electron chi connectivity index (χ0n) is 9.91. The van der Waals surface area contributed by atoms with Gasteiger partial charge in [-0.05, 0) is 54.4 Å². The van der Waals surface area contributed by atoms with Crippen molar-refractivity contribution in [1.29, 1.82) is 0 Å². The van der Waals surface area contributed by atoms with Crippen LogP contribution in [0.4, 0.5) is 0 Å². The van der Waals surface area contributed by atoms with Crippen LogP contribution in [0.3, 0.4) is 0 Å². The van der Waals surface area contributed by atoms with Crippen LogP contribution in [0, 0.1) is 28.6 Å². The Hall–Kier alpha value is -0.570. The number of hydrogen-bond acceptors (Lipinski definition) is 2. The van der Waals surface area contributed by atoms with Gasteiger partial charge in [0.2, 0.25) is 0 Å². The molecule has 0 heterocycles. The van der Waals surface area contributed by atoms with Crippen LogP contribution < -0.4 is 5.73 Å². The highest BCUT2D eigenvalue weighted by Crippen LogP contribution is 2.76. The maximum atomic E-state index is 11.1. The number of nitrogens with two attached hydrogens (primary N) is 1. The third-order valence-corrected chi connectivity index (χ3v) is 6.00. The summed E-state index contributed by atoms with van der Waals surface area (Å²) in [7, 11) is 0. The summed E-state index contributed by atoms with van der Waals surface area (Å²) in [5.41, 5.74) is 6.32. The second kappa shape index (κ2) is 3.00. The smallest absolute Gasteiger partial charge is 0.303 e. The highest BCUT2D eigenvalue weighted by molar-refractivity contribution is 5.68. The Balaban J connectivity index is 1.95. The predicted octanol–water partition coefficient (Wildman–Crippen LogP) is 1.86. The van der Waals surface area contributed by atoms with Gasteiger partial charge < -0.3 is 10.8 Å². The van der Waals surface area contributed by atoms with Crippen molar-refractivity contribution in [2.45, 2.75) is 39.0 Å². The average Bonchev–Trinajstić information content (AvgIpc) is 2.35. The largest absolute Gasteiger partial charge is 0.481 e. The summed E-state index contributed by atoms with van der Waals surface area (Å²) in [6.45, 7) is 2.94.